The molecule has 0 saturated carbocycles. The van der Waals surface area contributed by atoms with Crippen molar-refractivity contribution in [3.63, 3.8) is 0 Å². The second kappa shape index (κ2) is 7.15. The molecule has 3 nitrogen and oxygen atoms in total. The molecule has 0 bridgehead atoms. The fraction of sp³-hybridized carbons (Fsp3) is 0.176. The Kier molecular flexibility index (Phi) is 4.98. The highest BCUT2D eigenvalue weighted by Crippen LogP contribution is 2.28. The zero-order valence-corrected chi connectivity index (χ0v) is 14.1. The van der Waals surface area contributed by atoms with Gasteiger partial charge in [-0.3, -0.25) is 0 Å². The number of thioether (sulfide) groups is 1. The highest BCUT2D eigenvalue weighted by Gasteiger charge is 2.14. The van der Waals surface area contributed by atoms with Crippen molar-refractivity contribution in [2.45, 2.75) is 24.4 Å². The summed E-state index contributed by atoms with van der Waals surface area (Å²) in [6.45, 7) is 2.76. The van der Waals surface area contributed by atoms with Crippen LogP contribution in [0, 0.1) is 5.82 Å². The lowest BCUT2D eigenvalue weighted by atomic mass is 10.2. The fourth-order valence-electron chi connectivity index (χ4n) is 2.28. The Labute approximate surface area is 143 Å². The van der Waals surface area contributed by atoms with Crippen LogP contribution in [0.4, 0.5) is 4.39 Å². The lowest BCUT2D eigenvalue weighted by Crippen LogP contribution is -2.00. The minimum Gasteiger partial charge on any atom is -0.302 e. The number of rotatable bonds is 5. The molecule has 0 spiro atoms. The fourth-order valence-corrected chi connectivity index (χ4v) is 3.46. The van der Waals surface area contributed by atoms with Gasteiger partial charge in [-0.15, -0.1) is 10.2 Å². The Morgan fingerprint density at radius 1 is 1.13 bits per heavy atom. The van der Waals surface area contributed by atoms with Crippen LogP contribution in [-0.4, -0.2) is 14.8 Å². The van der Waals surface area contributed by atoms with Gasteiger partial charge < -0.3 is 4.57 Å². The molecule has 0 unspecified atom stereocenters. The summed E-state index contributed by atoms with van der Waals surface area (Å²) in [6.07, 6.45) is 0. The van der Waals surface area contributed by atoms with Gasteiger partial charge in [-0.2, -0.15) is 0 Å². The molecular formula is C17H15ClFN3S. The van der Waals surface area contributed by atoms with Crippen LogP contribution >= 0.6 is 23.4 Å². The third-order valence-electron chi connectivity index (χ3n) is 3.43. The summed E-state index contributed by atoms with van der Waals surface area (Å²) in [5.74, 6) is 1.09. The lowest BCUT2D eigenvalue weighted by molar-refractivity contribution is 0.617. The van der Waals surface area contributed by atoms with Gasteiger partial charge >= 0.3 is 0 Å². The van der Waals surface area contributed by atoms with Gasteiger partial charge in [-0.1, -0.05) is 53.7 Å². The third-order valence-corrected chi connectivity index (χ3v) is 4.68. The van der Waals surface area contributed by atoms with E-state index in [1.807, 2.05) is 41.8 Å². The highest BCUT2D eigenvalue weighted by molar-refractivity contribution is 7.98. The monoisotopic (exact) mass is 347 g/mol. The molecule has 1 aromatic heterocycles. The van der Waals surface area contributed by atoms with E-state index in [1.54, 1.807) is 12.1 Å². The van der Waals surface area contributed by atoms with Gasteiger partial charge in [0.2, 0.25) is 0 Å². The molecule has 0 aliphatic heterocycles. The first kappa shape index (κ1) is 16.0. The van der Waals surface area contributed by atoms with Crippen molar-refractivity contribution in [2.24, 2.45) is 0 Å². The first-order chi connectivity index (χ1) is 11.2. The standard InChI is InChI=1S/C17H15ClFN3S/c1-2-22-16(12-7-5-8-14(18)10-12)20-21-17(22)23-11-13-6-3-4-9-15(13)19/h3-10H,2,11H2,1H3. The van der Waals surface area contributed by atoms with E-state index in [0.717, 1.165) is 23.1 Å². The molecule has 6 heteroatoms. The van der Waals surface area contributed by atoms with Gasteiger partial charge in [0.05, 0.1) is 0 Å². The summed E-state index contributed by atoms with van der Waals surface area (Å²) in [7, 11) is 0. The van der Waals surface area contributed by atoms with E-state index in [2.05, 4.69) is 10.2 Å². The molecule has 3 rings (SSSR count). The smallest absolute Gasteiger partial charge is 0.191 e. The first-order valence-electron chi connectivity index (χ1n) is 7.24. The third kappa shape index (κ3) is 3.57. The molecule has 0 aliphatic rings. The minimum absolute atomic E-state index is 0.197. The maximum absolute atomic E-state index is 13.7. The quantitative estimate of drug-likeness (QED) is 0.605. The lowest BCUT2D eigenvalue weighted by Gasteiger charge is -2.08. The van der Waals surface area contributed by atoms with Crippen LogP contribution in [0.15, 0.2) is 53.7 Å². The Morgan fingerprint density at radius 2 is 1.96 bits per heavy atom. The second-order valence-electron chi connectivity index (χ2n) is 4.94. The number of hydrogen-bond donors (Lipinski definition) is 0. The van der Waals surface area contributed by atoms with Crippen molar-refractivity contribution in [1.82, 2.24) is 14.8 Å². The molecule has 3 aromatic rings. The average molecular weight is 348 g/mol. The Balaban J connectivity index is 1.85. The van der Waals surface area contributed by atoms with E-state index in [1.165, 1.54) is 17.8 Å². The molecule has 0 aliphatic carbocycles. The van der Waals surface area contributed by atoms with Gasteiger partial charge in [0.25, 0.3) is 0 Å². The molecule has 23 heavy (non-hydrogen) atoms. The zero-order valence-electron chi connectivity index (χ0n) is 12.5. The summed E-state index contributed by atoms with van der Waals surface area (Å²) in [6, 6.07) is 14.3. The van der Waals surface area contributed by atoms with E-state index in [-0.39, 0.29) is 5.82 Å². The summed E-state index contributed by atoms with van der Waals surface area (Å²) >= 11 is 7.53. The van der Waals surface area contributed by atoms with Crippen LogP contribution < -0.4 is 0 Å². The van der Waals surface area contributed by atoms with Gasteiger partial charge in [0.15, 0.2) is 11.0 Å². The summed E-state index contributed by atoms with van der Waals surface area (Å²) < 4.78 is 15.7. The first-order valence-corrected chi connectivity index (χ1v) is 8.60. The van der Waals surface area contributed by atoms with Gasteiger partial charge in [0, 0.05) is 22.9 Å². The van der Waals surface area contributed by atoms with Gasteiger partial charge in [-0.05, 0) is 30.7 Å². The molecule has 0 amide bonds. The number of halogens is 2. The summed E-state index contributed by atoms with van der Waals surface area (Å²) in [5, 5.41) is 9.95. The molecule has 118 valence electrons. The van der Waals surface area contributed by atoms with Crippen molar-refractivity contribution in [2.75, 3.05) is 0 Å². The number of hydrogen-bond acceptors (Lipinski definition) is 3. The van der Waals surface area contributed by atoms with Gasteiger partial charge in [0.1, 0.15) is 5.82 Å². The van der Waals surface area contributed by atoms with E-state index in [0.29, 0.717) is 16.3 Å². The van der Waals surface area contributed by atoms with Crippen LogP contribution in [0.25, 0.3) is 11.4 Å². The SMILES string of the molecule is CCn1c(SCc2ccccc2F)nnc1-c1cccc(Cl)c1. The molecule has 1 heterocycles. The Morgan fingerprint density at radius 3 is 2.70 bits per heavy atom. The second-order valence-corrected chi connectivity index (χ2v) is 6.32. The Bertz CT molecular complexity index is 819. The van der Waals surface area contributed by atoms with Crippen LogP contribution in [-0.2, 0) is 12.3 Å². The predicted octanol–water partition coefficient (Wildman–Crippen LogP) is 5.05. The van der Waals surface area contributed by atoms with Crippen molar-refractivity contribution >= 4 is 23.4 Å². The van der Waals surface area contributed by atoms with E-state index in [4.69, 9.17) is 11.6 Å². The molecule has 0 N–H and O–H groups in total. The van der Waals surface area contributed by atoms with Crippen LogP contribution in [0.1, 0.15) is 12.5 Å². The van der Waals surface area contributed by atoms with Crippen LogP contribution in [0.5, 0.6) is 0 Å². The zero-order chi connectivity index (χ0) is 16.2. The van der Waals surface area contributed by atoms with Crippen molar-refractivity contribution in [3.8, 4) is 11.4 Å². The maximum Gasteiger partial charge on any atom is 0.191 e. The molecule has 0 radical (unpaired) electrons. The number of nitrogens with zero attached hydrogens (tertiary/aromatic N) is 3. The summed E-state index contributed by atoms with van der Waals surface area (Å²) in [4.78, 5) is 0. The molecule has 0 saturated heterocycles. The highest BCUT2D eigenvalue weighted by atomic mass is 35.5. The van der Waals surface area contributed by atoms with E-state index >= 15 is 0 Å². The van der Waals surface area contributed by atoms with Crippen LogP contribution in [0.3, 0.4) is 0 Å². The van der Waals surface area contributed by atoms with E-state index < -0.39 is 0 Å². The van der Waals surface area contributed by atoms with E-state index in [9.17, 15) is 4.39 Å². The van der Waals surface area contributed by atoms with Crippen LogP contribution in [0.2, 0.25) is 5.02 Å². The number of aromatic nitrogens is 3. The summed E-state index contributed by atoms with van der Waals surface area (Å²) in [5.41, 5.74) is 1.58. The molecule has 0 fully saturated rings. The largest absolute Gasteiger partial charge is 0.302 e. The van der Waals surface area contributed by atoms with Gasteiger partial charge in [-0.25, -0.2) is 4.39 Å². The average Bonchev–Trinajstić information content (AvgIpc) is 2.97. The number of benzene rings is 2. The van der Waals surface area contributed by atoms with Crippen molar-refractivity contribution in [3.05, 3.63) is 64.9 Å². The molecular weight excluding hydrogens is 333 g/mol. The predicted molar refractivity (Wildman–Crippen MR) is 92.1 cm³/mol. The maximum atomic E-state index is 13.7. The topological polar surface area (TPSA) is 30.7 Å². The van der Waals surface area contributed by atoms with Crippen molar-refractivity contribution < 1.29 is 4.39 Å². The molecule has 0 atom stereocenters. The normalized spacial score (nSPS) is 10.9. The minimum atomic E-state index is -0.197. The Hall–Kier alpha value is -1.85. The van der Waals surface area contributed by atoms with Crippen molar-refractivity contribution in [1.29, 1.82) is 0 Å². The molecule has 2 aromatic carbocycles.